The first-order valence-corrected chi connectivity index (χ1v) is 7.03. The number of nitrogens with zero attached hydrogens (tertiary/aromatic N) is 1. The van der Waals surface area contributed by atoms with Crippen molar-refractivity contribution < 1.29 is 4.74 Å². The third kappa shape index (κ3) is 4.31. The number of hydrogen-bond donors (Lipinski definition) is 1. The van der Waals surface area contributed by atoms with Gasteiger partial charge in [0.1, 0.15) is 5.75 Å². The normalized spacial score (nSPS) is 16.7. The highest BCUT2D eigenvalue weighted by Crippen LogP contribution is 2.13. The summed E-state index contributed by atoms with van der Waals surface area (Å²) < 4.78 is 5.45. The number of ether oxygens (including phenoxy) is 1. The van der Waals surface area contributed by atoms with Crippen molar-refractivity contribution in [3.05, 3.63) is 29.8 Å². The number of piperazine rings is 1. The van der Waals surface area contributed by atoms with Gasteiger partial charge in [-0.3, -0.25) is 0 Å². The molecule has 1 aliphatic rings. The Kier molecular flexibility index (Phi) is 5.49. The van der Waals surface area contributed by atoms with Crippen LogP contribution in [0.25, 0.3) is 0 Å². The van der Waals surface area contributed by atoms with Crippen LogP contribution in [0.5, 0.6) is 5.75 Å². The SMILES string of the molecule is CCOc1ccc(CCCN2CCNCC2)cc1. The first-order chi connectivity index (χ1) is 8.88. The van der Waals surface area contributed by atoms with E-state index in [0.29, 0.717) is 0 Å². The zero-order valence-corrected chi connectivity index (χ0v) is 11.3. The molecule has 0 aliphatic carbocycles. The van der Waals surface area contributed by atoms with Gasteiger partial charge in [0.25, 0.3) is 0 Å². The van der Waals surface area contributed by atoms with Gasteiger partial charge in [0.05, 0.1) is 6.61 Å². The summed E-state index contributed by atoms with van der Waals surface area (Å²) in [6, 6.07) is 8.51. The molecule has 0 aromatic heterocycles. The van der Waals surface area contributed by atoms with Crippen LogP contribution in [0.3, 0.4) is 0 Å². The molecule has 1 aromatic rings. The van der Waals surface area contributed by atoms with Crippen molar-refractivity contribution in [1.82, 2.24) is 10.2 Å². The van der Waals surface area contributed by atoms with Gasteiger partial charge in [-0.2, -0.15) is 0 Å². The third-order valence-electron chi connectivity index (χ3n) is 3.38. The minimum absolute atomic E-state index is 0.738. The van der Waals surface area contributed by atoms with E-state index < -0.39 is 0 Å². The van der Waals surface area contributed by atoms with Crippen LogP contribution in [0, 0.1) is 0 Å². The summed E-state index contributed by atoms with van der Waals surface area (Å²) in [6.45, 7) is 8.65. The maximum Gasteiger partial charge on any atom is 0.119 e. The van der Waals surface area contributed by atoms with Crippen molar-refractivity contribution in [1.29, 1.82) is 0 Å². The second kappa shape index (κ2) is 7.39. The fraction of sp³-hybridized carbons (Fsp3) is 0.600. The third-order valence-corrected chi connectivity index (χ3v) is 3.38. The Labute approximate surface area is 110 Å². The molecular formula is C15H24N2O. The van der Waals surface area contributed by atoms with Crippen LogP contribution in [-0.4, -0.2) is 44.2 Å². The molecular weight excluding hydrogens is 224 g/mol. The molecule has 1 aliphatic heterocycles. The lowest BCUT2D eigenvalue weighted by molar-refractivity contribution is 0.238. The second-order valence-electron chi connectivity index (χ2n) is 4.77. The van der Waals surface area contributed by atoms with Crippen LogP contribution in [0.4, 0.5) is 0 Å². The van der Waals surface area contributed by atoms with Gasteiger partial charge in [0.15, 0.2) is 0 Å². The van der Waals surface area contributed by atoms with Gasteiger partial charge >= 0.3 is 0 Å². The van der Waals surface area contributed by atoms with Crippen molar-refractivity contribution in [3.8, 4) is 5.75 Å². The van der Waals surface area contributed by atoms with Gasteiger partial charge in [0, 0.05) is 26.2 Å². The second-order valence-corrected chi connectivity index (χ2v) is 4.77. The van der Waals surface area contributed by atoms with E-state index in [1.54, 1.807) is 0 Å². The molecule has 0 bridgehead atoms. The largest absolute Gasteiger partial charge is 0.494 e. The maximum atomic E-state index is 5.45. The molecule has 1 fully saturated rings. The highest BCUT2D eigenvalue weighted by molar-refractivity contribution is 5.27. The minimum atomic E-state index is 0.738. The van der Waals surface area contributed by atoms with Crippen LogP contribution < -0.4 is 10.1 Å². The van der Waals surface area contributed by atoms with Gasteiger partial charge in [-0.15, -0.1) is 0 Å². The van der Waals surface area contributed by atoms with Crippen molar-refractivity contribution in [3.63, 3.8) is 0 Å². The van der Waals surface area contributed by atoms with Crippen molar-refractivity contribution >= 4 is 0 Å². The Balaban J connectivity index is 1.69. The lowest BCUT2D eigenvalue weighted by Gasteiger charge is -2.27. The fourth-order valence-corrected chi connectivity index (χ4v) is 2.36. The maximum absolute atomic E-state index is 5.45. The van der Waals surface area contributed by atoms with E-state index in [4.69, 9.17) is 4.74 Å². The first kappa shape index (κ1) is 13.4. The van der Waals surface area contributed by atoms with Crippen LogP contribution in [0.15, 0.2) is 24.3 Å². The highest BCUT2D eigenvalue weighted by atomic mass is 16.5. The van der Waals surface area contributed by atoms with E-state index in [9.17, 15) is 0 Å². The Morgan fingerprint density at radius 2 is 1.89 bits per heavy atom. The summed E-state index contributed by atoms with van der Waals surface area (Å²) >= 11 is 0. The molecule has 3 heteroatoms. The molecule has 0 atom stereocenters. The molecule has 18 heavy (non-hydrogen) atoms. The smallest absolute Gasteiger partial charge is 0.119 e. The van der Waals surface area contributed by atoms with E-state index in [0.717, 1.165) is 31.9 Å². The van der Waals surface area contributed by atoms with Crippen molar-refractivity contribution in [2.75, 3.05) is 39.3 Å². The number of aryl methyl sites for hydroxylation is 1. The summed E-state index contributed by atoms with van der Waals surface area (Å²) in [6.07, 6.45) is 2.41. The highest BCUT2D eigenvalue weighted by Gasteiger charge is 2.08. The summed E-state index contributed by atoms with van der Waals surface area (Å²) in [5, 5.41) is 3.39. The molecule has 0 unspecified atom stereocenters. The van der Waals surface area contributed by atoms with Crippen LogP contribution in [0.1, 0.15) is 18.9 Å². The van der Waals surface area contributed by atoms with E-state index in [2.05, 4.69) is 34.5 Å². The quantitative estimate of drug-likeness (QED) is 0.832. The Bertz CT molecular complexity index is 331. The molecule has 100 valence electrons. The first-order valence-electron chi connectivity index (χ1n) is 7.03. The molecule has 1 aromatic carbocycles. The average molecular weight is 248 g/mol. The molecule has 3 nitrogen and oxygen atoms in total. The van der Waals surface area contributed by atoms with Gasteiger partial charge in [-0.05, 0) is 44.0 Å². The predicted octanol–water partition coefficient (Wildman–Crippen LogP) is 1.92. The summed E-state index contributed by atoms with van der Waals surface area (Å²) in [5.41, 5.74) is 1.41. The Hall–Kier alpha value is -1.06. The molecule has 1 N–H and O–H groups in total. The zero-order valence-electron chi connectivity index (χ0n) is 11.3. The zero-order chi connectivity index (χ0) is 12.6. The van der Waals surface area contributed by atoms with Crippen molar-refractivity contribution in [2.45, 2.75) is 19.8 Å². The summed E-state index contributed by atoms with van der Waals surface area (Å²) in [7, 11) is 0. The van der Waals surface area contributed by atoms with Crippen LogP contribution >= 0.6 is 0 Å². The number of nitrogens with one attached hydrogen (secondary N) is 1. The minimum Gasteiger partial charge on any atom is -0.494 e. The number of hydrogen-bond acceptors (Lipinski definition) is 3. The molecule has 1 heterocycles. The summed E-state index contributed by atoms with van der Waals surface area (Å²) in [5.74, 6) is 0.975. The fourth-order valence-electron chi connectivity index (χ4n) is 2.36. The Morgan fingerprint density at radius 1 is 1.17 bits per heavy atom. The van der Waals surface area contributed by atoms with E-state index in [-0.39, 0.29) is 0 Å². The number of rotatable bonds is 6. The predicted molar refractivity (Wildman–Crippen MR) is 75.2 cm³/mol. The average Bonchev–Trinajstić information content (AvgIpc) is 2.42. The van der Waals surface area contributed by atoms with Crippen LogP contribution in [-0.2, 0) is 6.42 Å². The van der Waals surface area contributed by atoms with Gasteiger partial charge < -0.3 is 15.0 Å². The van der Waals surface area contributed by atoms with Gasteiger partial charge in [0.2, 0.25) is 0 Å². The van der Waals surface area contributed by atoms with E-state index >= 15 is 0 Å². The molecule has 0 saturated carbocycles. The molecule has 0 radical (unpaired) electrons. The monoisotopic (exact) mass is 248 g/mol. The lowest BCUT2D eigenvalue weighted by Crippen LogP contribution is -2.43. The molecule has 0 amide bonds. The topological polar surface area (TPSA) is 24.5 Å². The van der Waals surface area contributed by atoms with Crippen LogP contribution in [0.2, 0.25) is 0 Å². The van der Waals surface area contributed by atoms with E-state index in [1.165, 1.54) is 31.6 Å². The standard InChI is InChI=1S/C15H24N2O/c1-2-18-15-7-5-14(6-8-15)4-3-11-17-12-9-16-10-13-17/h5-8,16H,2-4,9-13H2,1H3. The molecule has 0 spiro atoms. The molecule has 2 rings (SSSR count). The van der Waals surface area contributed by atoms with Crippen molar-refractivity contribution in [2.24, 2.45) is 0 Å². The summed E-state index contributed by atoms with van der Waals surface area (Å²) in [4.78, 5) is 2.55. The van der Waals surface area contributed by atoms with Gasteiger partial charge in [-0.25, -0.2) is 0 Å². The van der Waals surface area contributed by atoms with Gasteiger partial charge in [-0.1, -0.05) is 12.1 Å². The molecule has 1 saturated heterocycles. The van der Waals surface area contributed by atoms with E-state index in [1.807, 2.05) is 6.92 Å². The Morgan fingerprint density at radius 3 is 2.56 bits per heavy atom. The number of benzene rings is 1. The lowest BCUT2D eigenvalue weighted by atomic mass is 10.1.